The van der Waals surface area contributed by atoms with Gasteiger partial charge in [0.2, 0.25) is 0 Å². The first-order valence-electron chi connectivity index (χ1n) is 21.0. The lowest BCUT2D eigenvalue weighted by atomic mass is 9.85. The zero-order chi connectivity index (χ0) is 39.6. The molecule has 0 unspecified atom stereocenters. The van der Waals surface area contributed by atoms with E-state index in [4.69, 9.17) is 4.98 Å². The molecule has 0 bridgehead atoms. The molecule has 5 aromatic carbocycles. The topological polar surface area (TPSA) is 25.8 Å². The van der Waals surface area contributed by atoms with Gasteiger partial charge in [0.05, 0.1) is 11.4 Å². The second kappa shape index (κ2) is 16.0. The first-order valence-corrected chi connectivity index (χ1v) is 20.0. The van der Waals surface area contributed by atoms with Crippen molar-refractivity contribution >= 4 is 0 Å². The van der Waals surface area contributed by atoms with E-state index in [1.165, 1.54) is 64.6 Å². The lowest BCUT2D eigenvalue weighted by Gasteiger charge is -2.21. The Labute approximate surface area is 331 Å². The normalized spacial score (nSPS) is 14.1. The van der Waals surface area contributed by atoms with E-state index in [0.29, 0.717) is 11.5 Å². The molecule has 0 N–H and O–H groups in total. The zero-order valence-corrected chi connectivity index (χ0v) is 32.6. The molecule has 0 radical (unpaired) electrons. The molecule has 0 spiro atoms. The predicted molar refractivity (Wildman–Crippen MR) is 232 cm³/mol. The van der Waals surface area contributed by atoms with Crippen molar-refractivity contribution < 1.29 is 2.74 Å². The van der Waals surface area contributed by atoms with Gasteiger partial charge in [-0.05, 0) is 124 Å². The Morgan fingerprint density at radius 1 is 0.564 bits per heavy atom. The molecule has 2 heteroatoms. The van der Waals surface area contributed by atoms with E-state index in [0.717, 1.165) is 52.0 Å². The summed E-state index contributed by atoms with van der Waals surface area (Å²) < 4.78 is 18.4. The summed E-state index contributed by atoms with van der Waals surface area (Å²) in [5.41, 5.74) is 16.0. The molecule has 2 heterocycles. The smallest absolute Gasteiger partial charge is 0.0708 e. The molecule has 1 aliphatic rings. The number of rotatable bonds is 10. The van der Waals surface area contributed by atoms with Crippen LogP contribution in [-0.2, 0) is 19.2 Å². The van der Waals surface area contributed by atoms with E-state index in [1.807, 2.05) is 39.1 Å². The predicted octanol–water partition coefficient (Wildman–Crippen LogP) is 14.2. The third-order valence-corrected chi connectivity index (χ3v) is 10.9. The highest BCUT2D eigenvalue weighted by Crippen LogP contribution is 2.38. The van der Waals surface area contributed by atoms with Gasteiger partial charge in [0.15, 0.2) is 0 Å². The molecular weight excluding hydrogens is 665 g/mol. The van der Waals surface area contributed by atoms with Gasteiger partial charge in [0, 0.05) is 26.3 Å². The van der Waals surface area contributed by atoms with Crippen LogP contribution in [0.1, 0.15) is 82.9 Å². The Kier molecular flexibility index (Phi) is 9.88. The third-order valence-electron chi connectivity index (χ3n) is 10.9. The van der Waals surface area contributed by atoms with Gasteiger partial charge in [0.25, 0.3) is 0 Å². The summed E-state index contributed by atoms with van der Waals surface area (Å²) in [6, 6.07) is 50.1. The van der Waals surface area contributed by atoms with Gasteiger partial charge < -0.3 is 0 Å². The van der Waals surface area contributed by atoms with Crippen molar-refractivity contribution in [2.75, 3.05) is 0 Å². The highest BCUT2D eigenvalue weighted by Gasteiger charge is 2.19. The van der Waals surface area contributed by atoms with Gasteiger partial charge in [-0.3, -0.25) is 9.97 Å². The Hall–Kier alpha value is -5.60. The fraction of sp³-hybridized carbons (Fsp3) is 0.245. The molecule has 0 amide bonds. The lowest BCUT2D eigenvalue weighted by molar-refractivity contribution is 0.411. The SMILES string of the molecule is [2H]C([2H])(c1cnc(-c2ccc(-c3ccccc3-c3cc(C)cc(CCc4ccc(-c5ccccn5)cc4)c3)cc2)cc1-c1ccc(C2CCCC2)cc1)C(C)(C)C. The number of nitrogens with zero attached hydrogens (tertiary/aromatic N) is 2. The van der Waals surface area contributed by atoms with Crippen LogP contribution in [0.5, 0.6) is 0 Å². The van der Waals surface area contributed by atoms with Crippen molar-refractivity contribution in [3.05, 3.63) is 180 Å². The second-order valence-corrected chi connectivity index (χ2v) is 16.3. The molecule has 0 aliphatic heterocycles. The number of benzene rings is 5. The molecule has 0 saturated heterocycles. The number of hydrogen-bond acceptors (Lipinski definition) is 2. The fourth-order valence-corrected chi connectivity index (χ4v) is 8.18. The first kappa shape index (κ1) is 33.9. The molecule has 8 rings (SSSR count). The van der Waals surface area contributed by atoms with Gasteiger partial charge >= 0.3 is 0 Å². The van der Waals surface area contributed by atoms with Gasteiger partial charge in [-0.2, -0.15) is 0 Å². The zero-order valence-electron chi connectivity index (χ0n) is 34.6. The summed E-state index contributed by atoms with van der Waals surface area (Å²) >= 11 is 0. The van der Waals surface area contributed by atoms with Crippen LogP contribution in [0.3, 0.4) is 0 Å². The summed E-state index contributed by atoms with van der Waals surface area (Å²) in [5.74, 6) is 0.636. The van der Waals surface area contributed by atoms with Crippen LogP contribution in [-0.4, -0.2) is 9.97 Å². The van der Waals surface area contributed by atoms with Crippen LogP contribution in [0, 0.1) is 12.3 Å². The maximum atomic E-state index is 9.22. The minimum absolute atomic E-state index is 0.602. The summed E-state index contributed by atoms with van der Waals surface area (Å²) in [4.78, 5) is 9.39. The number of hydrogen-bond donors (Lipinski definition) is 0. The molecule has 1 saturated carbocycles. The molecule has 7 aromatic rings. The standard InChI is InChI=1S/C53H52N2/c1-37-31-39(17-16-38-18-20-44(21-19-38)51-15-9-10-30-54-51)33-46(32-37)49-14-8-7-13-48(49)42-26-28-45(29-27-42)52-34-50(47(36-55-52)35-53(2,3)4)43-24-22-41(23-25-43)40-11-5-6-12-40/h7-10,13-15,18-34,36,40H,5-6,11-12,16-17,35H2,1-4H3/i35D2. The van der Waals surface area contributed by atoms with Crippen molar-refractivity contribution in [1.29, 1.82) is 0 Å². The minimum atomic E-state index is -1.58. The van der Waals surface area contributed by atoms with E-state index >= 15 is 0 Å². The molecule has 1 fully saturated rings. The number of aromatic nitrogens is 2. The molecule has 2 nitrogen and oxygen atoms in total. The van der Waals surface area contributed by atoms with E-state index in [-0.39, 0.29) is 0 Å². The van der Waals surface area contributed by atoms with Gasteiger partial charge in [-0.25, -0.2) is 0 Å². The van der Waals surface area contributed by atoms with E-state index in [1.54, 1.807) is 6.20 Å². The largest absolute Gasteiger partial charge is 0.256 e. The lowest BCUT2D eigenvalue weighted by Crippen LogP contribution is -2.10. The number of pyridine rings is 2. The summed E-state index contributed by atoms with van der Waals surface area (Å²) in [7, 11) is 0. The second-order valence-electron chi connectivity index (χ2n) is 16.3. The Bertz CT molecular complexity index is 2450. The molecule has 274 valence electrons. The number of aryl methyl sites for hydroxylation is 3. The van der Waals surface area contributed by atoms with Crippen LogP contribution in [0.25, 0.3) is 55.9 Å². The van der Waals surface area contributed by atoms with E-state index in [2.05, 4.69) is 139 Å². The Morgan fingerprint density at radius 3 is 1.85 bits per heavy atom. The van der Waals surface area contributed by atoms with E-state index in [9.17, 15) is 2.74 Å². The summed E-state index contributed by atoms with van der Waals surface area (Å²) in [6.07, 6.45) is 9.09. The highest BCUT2D eigenvalue weighted by molar-refractivity contribution is 5.85. The molecule has 1 aliphatic carbocycles. The van der Waals surface area contributed by atoms with Crippen molar-refractivity contribution in [2.45, 2.75) is 78.5 Å². The molecule has 0 atom stereocenters. The van der Waals surface area contributed by atoms with Gasteiger partial charge in [-0.1, -0.05) is 161 Å². The quantitative estimate of drug-likeness (QED) is 0.141. The van der Waals surface area contributed by atoms with E-state index < -0.39 is 11.8 Å². The van der Waals surface area contributed by atoms with Crippen LogP contribution in [0.2, 0.25) is 0 Å². The summed E-state index contributed by atoms with van der Waals surface area (Å²) in [6.45, 7) is 8.08. The van der Waals surface area contributed by atoms with Crippen LogP contribution in [0.4, 0.5) is 0 Å². The van der Waals surface area contributed by atoms with Crippen LogP contribution in [0.15, 0.2) is 152 Å². The monoisotopic (exact) mass is 718 g/mol. The maximum absolute atomic E-state index is 9.22. The average Bonchev–Trinajstić information content (AvgIpc) is 3.78. The van der Waals surface area contributed by atoms with Crippen molar-refractivity contribution in [3.63, 3.8) is 0 Å². The van der Waals surface area contributed by atoms with Crippen molar-refractivity contribution in [1.82, 2.24) is 9.97 Å². The summed E-state index contributed by atoms with van der Waals surface area (Å²) in [5, 5.41) is 0. The first-order chi connectivity index (χ1) is 27.5. The Morgan fingerprint density at radius 2 is 1.16 bits per heavy atom. The maximum Gasteiger partial charge on any atom is 0.0708 e. The molecule has 55 heavy (non-hydrogen) atoms. The van der Waals surface area contributed by atoms with Crippen LogP contribution < -0.4 is 0 Å². The van der Waals surface area contributed by atoms with Crippen molar-refractivity contribution in [3.8, 4) is 55.9 Å². The molecule has 2 aromatic heterocycles. The molecular formula is C53H52N2. The fourth-order valence-electron chi connectivity index (χ4n) is 8.18. The van der Waals surface area contributed by atoms with Gasteiger partial charge in [-0.15, -0.1) is 0 Å². The highest BCUT2D eigenvalue weighted by atomic mass is 14.7. The average molecular weight is 719 g/mol. The van der Waals surface area contributed by atoms with Gasteiger partial charge in [0.1, 0.15) is 0 Å². The van der Waals surface area contributed by atoms with Crippen LogP contribution >= 0.6 is 0 Å². The van der Waals surface area contributed by atoms with Crippen molar-refractivity contribution in [2.24, 2.45) is 5.41 Å². The Balaban J connectivity index is 1.06. The third kappa shape index (κ3) is 8.71. The minimum Gasteiger partial charge on any atom is -0.256 e.